The maximum absolute atomic E-state index is 12.6. The fourth-order valence-corrected chi connectivity index (χ4v) is 2.52. The second-order valence-electron chi connectivity index (χ2n) is 6.26. The number of halogens is 3. The highest BCUT2D eigenvalue weighted by Crippen LogP contribution is 2.32. The van der Waals surface area contributed by atoms with E-state index in [-0.39, 0.29) is 23.2 Å². The van der Waals surface area contributed by atoms with Gasteiger partial charge in [0.05, 0.1) is 20.3 Å². The highest BCUT2D eigenvalue weighted by atomic mass is 19.4. The molecule has 0 saturated heterocycles. The number of nitrogens with zero attached hydrogens (tertiary/aromatic N) is 1. The number of benzene rings is 2. The van der Waals surface area contributed by atoms with Crippen molar-refractivity contribution in [3.8, 4) is 17.2 Å². The van der Waals surface area contributed by atoms with Crippen LogP contribution in [-0.4, -0.2) is 45.0 Å². The summed E-state index contributed by atoms with van der Waals surface area (Å²) in [4.78, 5) is 14.0. The number of amides is 2. The molecule has 0 spiro atoms. The van der Waals surface area contributed by atoms with Crippen molar-refractivity contribution in [1.82, 2.24) is 4.90 Å². The first-order valence-corrected chi connectivity index (χ1v) is 8.70. The highest BCUT2D eigenvalue weighted by Gasteiger charge is 2.29. The van der Waals surface area contributed by atoms with Gasteiger partial charge in [0.1, 0.15) is 5.75 Å². The third kappa shape index (κ3) is 6.20. The lowest BCUT2D eigenvalue weighted by atomic mass is 10.1. The Bertz CT molecular complexity index is 825. The number of nitrogens with one attached hydrogen (secondary N) is 1. The molecule has 1 atom stereocenters. The van der Waals surface area contributed by atoms with Crippen LogP contribution < -0.4 is 19.5 Å². The largest absolute Gasteiger partial charge is 0.497 e. The van der Waals surface area contributed by atoms with E-state index in [1.54, 1.807) is 26.3 Å². The van der Waals surface area contributed by atoms with Gasteiger partial charge in [-0.15, -0.1) is 0 Å². The molecule has 2 amide bonds. The van der Waals surface area contributed by atoms with E-state index in [9.17, 15) is 18.0 Å². The summed E-state index contributed by atoms with van der Waals surface area (Å²) in [6.45, 7) is 0.391. The maximum Gasteiger partial charge on any atom is 0.422 e. The molecule has 0 bridgehead atoms. The van der Waals surface area contributed by atoms with Gasteiger partial charge in [-0.3, -0.25) is 0 Å². The zero-order valence-electron chi connectivity index (χ0n) is 16.5. The predicted molar refractivity (Wildman–Crippen MR) is 103 cm³/mol. The summed E-state index contributed by atoms with van der Waals surface area (Å²) >= 11 is 0. The molecule has 29 heavy (non-hydrogen) atoms. The number of carbonyl (C=O) groups is 1. The minimum Gasteiger partial charge on any atom is -0.497 e. The quantitative estimate of drug-likeness (QED) is 0.705. The van der Waals surface area contributed by atoms with Crippen molar-refractivity contribution in [2.24, 2.45) is 0 Å². The van der Waals surface area contributed by atoms with Crippen molar-refractivity contribution < 1.29 is 32.2 Å². The molecule has 6 nitrogen and oxygen atoms in total. The number of ether oxygens (including phenoxy) is 3. The minimum atomic E-state index is -4.49. The van der Waals surface area contributed by atoms with Gasteiger partial charge in [0.25, 0.3) is 0 Å². The van der Waals surface area contributed by atoms with Crippen LogP contribution in [0.25, 0.3) is 0 Å². The van der Waals surface area contributed by atoms with E-state index in [1.165, 1.54) is 30.2 Å². The SMILES string of the molecule is COc1ccc(C(C)N(C)C(=O)Nc2ccc(OC)c(OCC(F)(F)F)c2)cc1. The number of anilines is 1. The molecule has 2 aromatic carbocycles. The maximum atomic E-state index is 12.6. The summed E-state index contributed by atoms with van der Waals surface area (Å²) < 4.78 is 52.2. The molecule has 0 heterocycles. The Balaban J connectivity index is 2.09. The lowest BCUT2D eigenvalue weighted by molar-refractivity contribution is -0.153. The van der Waals surface area contributed by atoms with Crippen molar-refractivity contribution >= 4 is 11.7 Å². The Kier molecular flexibility index (Phi) is 7.19. The molecular formula is C20H23F3N2O4. The standard InChI is InChI=1S/C20H23F3N2O4/c1-13(14-5-8-16(27-3)9-6-14)25(2)19(26)24-15-7-10-17(28-4)18(11-15)29-12-20(21,22)23/h5-11,13H,12H2,1-4H3,(H,24,26). The van der Waals surface area contributed by atoms with Crippen LogP contribution in [0.15, 0.2) is 42.5 Å². The first-order valence-electron chi connectivity index (χ1n) is 8.70. The molecule has 2 aromatic rings. The van der Waals surface area contributed by atoms with Gasteiger partial charge in [0, 0.05) is 18.8 Å². The van der Waals surface area contributed by atoms with Gasteiger partial charge in [-0.05, 0) is 36.8 Å². The lowest BCUT2D eigenvalue weighted by Crippen LogP contribution is -2.33. The summed E-state index contributed by atoms with van der Waals surface area (Å²) in [7, 11) is 4.51. The van der Waals surface area contributed by atoms with Crippen LogP contribution in [-0.2, 0) is 0 Å². The molecule has 0 aliphatic carbocycles. The van der Waals surface area contributed by atoms with E-state index >= 15 is 0 Å². The van der Waals surface area contributed by atoms with Crippen LogP contribution in [0, 0.1) is 0 Å². The second-order valence-corrected chi connectivity index (χ2v) is 6.26. The average molecular weight is 412 g/mol. The monoisotopic (exact) mass is 412 g/mol. The molecule has 0 aliphatic heterocycles. The van der Waals surface area contributed by atoms with Gasteiger partial charge in [-0.25, -0.2) is 4.79 Å². The van der Waals surface area contributed by atoms with E-state index in [4.69, 9.17) is 14.2 Å². The number of carbonyl (C=O) groups excluding carboxylic acids is 1. The molecule has 1 N–H and O–H groups in total. The van der Waals surface area contributed by atoms with Gasteiger partial charge in [0.2, 0.25) is 0 Å². The molecule has 0 fully saturated rings. The zero-order chi connectivity index (χ0) is 21.6. The molecule has 158 valence electrons. The normalized spacial score (nSPS) is 12.1. The van der Waals surface area contributed by atoms with Gasteiger partial charge in [-0.1, -0.05) is 12.1 Å². The molecule has 0 radical (unpaired) electrons. The number of alkyl halides is 3. The van der Waals surface area contributed by atoms with Crippen LogP contribution in [0.4, 0.5) is 23.7 Å². The topological polar surface area (TPSA) is 60.0 Å². The van der Waals surface area contributed by atoms with Crippen molar-refractivity contribution in [2.75, 3.05) is 33.2 Å². The summed E-state index contributed by atoms with van der Waals surface area (Å²) in [6.07, 6.45) is -4.49. The first kappa shape index (κ1) is 22.2. The van der Waals surface area contributed by atoms with E-state index in [0.29, 0.717) is 5.75 Å². The molecule has 9 heteroatoms. The van der Waals surface area contributed by atoms with Gasteiger partial charge < -0.3 is 24.4 Å². The molecule has 2 rings (SSSR count). The minimum absolute atomic E-state index is 0.117. The fourth-order valence-electron chi connectivity index (χ4n) is 2.52. The molecule has 0 saturated carbocycles. The summed E-state index contributed by atoms with van der Waals surface area (Å²) in [5.41, 5.74) is 1.18. The molecular weight excluding hydrogens is 389 g/mol. The molecule has 0 aromatic heterocycles. The Morgan fingerprint density at radius 1 is 1.07 bits per heavy atom. The Hall–Kier alpha value is -3.10. The van der Waals surface area contributed by atoms with Crippen molar-refractivity contribution in [1.29, 1.82) is 0 Å². The van der Waals surface area contributed by atoms with Crippen LogP contribution >= 0.6 is 0 Å². The lowest BCUT2D eigenvalue weighted by Gasteiger charge is -2.26. The highest BCUT2D eigenvalue weighted by molar-refractivity contribution is 5.89. The van der Waals surface area contributed by atoms with E-state index in [0.717, 1.165) is 5.56 Å². The van der Waals surface area contributed by atoms with Crippen molar-refractivity contribution in [3.63, 3.8) is 0 Å². The number of urea groups is 1. The summed E-state index contributed by atoms with van der Waals surface area (Å²) in [5.74, 6) is 0.721. The summed E-state index contributed by atoms with van der Waals surface area (Å²) in [5, 5.41) is 2.65. The second kappa shape index (κ2) is 9.40. The zero-order valence-corrected chi connectivity index (χ0v) is 16.5. The van der Waals surface area contributed by atoms with Crippen LogP contribution in [0.2, 0.25) is 0 Å². The van der Waals surface area contributed by atoms with Crippen LogP contribution in [0.1, 0.15) is 18.5 Å². The van der Waals surface area contributed by atoms with Crippen LogP contribution in [0.3, 0.4) is 0 Å². The number of methoxy groups -OCH3 is 2. The smallest absolute Gasteiger partial charge is 0.422 e. The van der Waals surface area contributed by atoms with E-state index in [1.807, 2.05) is 19.1 Å². The van der Waals surface area contributed by atoms with Crippen LogP contribution in [0.5, 0.6) is 17.2 Å². The molecule has 1 unspecified atom stereocenters. The average Bonchev–Trinajstić information content (AvgIpc) is 2.70. The molecule has 0 aliphatic rings. The number of hydrogen-bond acceptors (Lipinski definition) is 4. The van der Waals surface area contributed by atoms with Gasteiger partial charge in [-0.2, -0.15) is 13.2 Å². The van der Waals surface area contributed by atoms with Crippen molar-refractivity contribution in [3.05, 3.63) is 48.0 Å². The number of rotatable bonds is 7. The Morgan fingerprint density at radius 3 is 2.28 bits per heavy atom. The van der Waals surface area contributed by atoms with E-state index < -0.39 is 18.8 Å². The Labute approximate surface area is 167 Å². The van der Waals surface area contributed by atoms with Crippen molar-refractivity contribution in [2.45, 2.75) is 19.1 Å². The predicted octanol–water partition coefficient (Wildman–Crippen LogP) is 4.87. The van der Waals surface area contributed by atoms with E-state index in [2.05, 4.69) is 5.32 Å². The third-order valence-electron chi connectivity index (χ3n) is 4.31. The number of hydrogen-bond donors (Lipinski definition) is 1. The van der Waals surface area contributed by atoms with Gasteiger partial charge in [0.15, 0.2) is 18.1 Å². The third-order valence-corrected chi connectivity index (χ3v) is 4.31. The summed E-state index contributed by atoms with van der Waals surface area (Å²) in [6, 6.07) is 10.8. The van der Waals surface area contributed by atoms with Gasteiger partial charge >= 0.3 is 12.2 Å². The Morgan fingerprint density at radius 2 is 1.72 bits per heavy atom. The first-order chi connectivity index (χ1) is 13.6. The fraction of sp³-hybridized carbons (Fsp3) is 0.350.